The average Bonchev–Trinajstić information content (AvgIpc) is 2.34. The Morgan fingerprint density at radius 1 is 1.17 bits per heavy atom. The van der Waals surface area contributed by atoms with Gasteiger partial charge < -0.3 is 5.11 Å². The van der Waals surface area contributed by atoms with E-state index < -0.39 is 5.97 Å². The van der Waals surface area contributed by atoms with Crippen LogP contribution in [0.1, 0.15) is 52.4 Å². The lowest BCUT2D eigenvalue weighted by atomic mass is 9.79. The van der Waals surface area contributed by atoms with E-state index in [1.807, 2.05) is 0 Å². The number of nitrogens with zero attached hydrogens (tertiary/aromatic N) is 1. The Morgan fingerprint density at radius 2 is 1.89 bits per heavy atom. The molecule has 18 heavy (non-hydrogen) atoms. The van der Waals surface area contributed by atoms with Gasteiger partial charge in [-0.15, -0.1) is 0 Å². The Labute approximate surface area is 111 Å². The first kappa shape index (κ1) is 13.9. The fourth-order valence-electron chi connectivity index (χ4n) is 3.77. The highest BCUT2D eigenvalue weighted by Gasteiger charge is 2.34. The van der Waals surface area contributed by atoms with Crippen molar-refractivity contribution in [3.05, 3.63) is 0 Å². The van der Waals surface area contributed by atoms with Crippen LogP contribution in [-0.4, -0.2) is 35.1 Å². The summed E-state index contributed by atoms with van der Waals surface area (Å²) in [5, 5.41) is 9.26. The minimum Gasteiger partial charge on any atom is -0.481 e. The molecule has 0 bridgehead atoms. The molecular formula is C15H27NO2. The lowest BCUT2D eigenvalue weighted by molar-refractivity contribution is -0.146. The summed E-state index contributed by atoms with van der Waals surface area (Å²) in [6.07, 6.45) is 7.33. The molecule has 1 saturated carbocycles. The van der Waals surface area contributed by atoms with Gasteiger partial charge in [0.15, 0.2) is 0 Å². The first-order valence-electron chi connectivity index (χ1n) is 7.56. The number of piperidine rings is 1. The molecule has 0 aromatic heterocycles. The van der Waals surface area contributed by atoms with E-state index in [2.05, 4.69) is 18.7 Å². The molecule has 0 aromatic rings. The number of carboxylic acid groups (broad SMARTS) is 1. The van der Waals surface area contributed by atoms with E-state index >= 15 is 0 Å². The zero-order valence-corrected chi connectivity index (χ0v) is 11.8. The molecule has 2 rings (SSSR count). The molecule has 1 saturated heterocycles. The molecule has 2 aliphatic rings. The second-order valence-corrected chi connectivity index (χ2v) is 6.34. The highest BCUT2D eigenvalue weighted by molar-refractivity contribution is 5.70. The number of carbonyl (C=O) groups is 1. The van der Waals surface area contributed by atoms with E-state index in [1.54, 1.807) is 0 Å². The van der Waals surface area contributed by atoms with Gasteiger partial charge in [-0.1, -0.05) is 26.2 Å². The Morgan fingerprint density at radius 3 is 2.56 bits per heavy atom. The minimum absolute atomic E-state index is 0.155. The van der Waals surface area contributed by atoms with Crippen molar-refractivity contribution in [1.82, 2.24) is 4.90 Å². The predicted octanol–water partition coefficient (Wildman–Crippen LogP) is 3.00. The van der Waals surface area contributed by atoms with Crippen LogP contribution in [0, 0.1) is 17.8 Å². The van der Waals surface area contributed by atoms with Crippen molar-refractivity contribution in [1.29, 1.82) is 0 Å². The monoisotopic (exact) mass is 253 g/mol. The molecule has 0 amide bonds. The fourth-order valence-corrected chi connectivity index (χ4v) is 3.77. The number of aliphatic carboxylic acids is 1. The minimum atomic E-state index is -0.608. The molecule has 0 aromatic carbocycles. The standard InChI is InChI=1S/C15H27NO2/c1-11-6-3-4-7-13(11)10-16-9-5-8-14(12(16)2)15(17)18/h11-14H,3-10H2,1-2H3,(H,17,18)/t11?,12-,13?,14-/m0/s1. The molecule has 3 nitrogen and oxygen atoms in total. The molecule has 1 aliphatic heterocycles. The maximum absolute atomic E-state index is 11.2. The lowest BCUT2D eigenvalue weighted by Gasteiger charge is -2.41. The Bertz CT molecular complexity index is 292. The molecule has 0 radical (unpaired) electrons. The maximum atomic E-state index is 11.2. The molecule has 2 fully saturated rings. The third-order valence-corrected chi connectivity index (χ3v) is 5.19. The van der Waals surface area contributed by atoms with Gasteiger partial charge in [0.2, 0.25) is 0 Å². The molecule has 1 aliphatic carbocycles. The SMILES string of the molecule is CC1CCCCC1CN1CCC[C@H](C(=O)O)[C@@H]1C. The number of likely N-dealkylation sites (tertiary alicyclic amines) is 1. The van der Waals surface area contributed by atoms with Gasteiger partial charge in [-0.3, -0.25) is 9.69 Å². The average molecular weight is 253 g/mol. The lowest BCUT2D eigenvalue weighted by Crippen LogP contribution is -2.48. The van der Waals surface area contributed by atoms with Crippen molar-refractivity contribution in [2.75, 3.05) is 13.1 Å². The third-order valence-electron chi connectivity index (χ3n) is 5.19. The summed E-state index contributed by atoms with van der Waals surface area (Å²) >= 11 is 0. The predicted molar refractivity (Wildman–Crippen MR) is 72.5 cm³/mol. The van der Waals surface area contributed by atoms with Gasteiger partial charge in [-0.2, -0.15) is 0 Å². The Balaban J connectivity index is 1.93. The molecule has 2 unspecified atom stereocenters. The van der Waals surface area contributed by atoms with Crippen LogP contribution in [0.25, 0.3) is 0 Å². The summed E-state index contributed by atoms with van der Waals surface area (Å²) in [6, 6.07) is 0.213. The summed E-state index contributed by atoms with van der Waals surface area (Å²) in [6.45, 7) is 6.68. The fraction of sp³-hybridized carbons (Fsp3) is 0.933. The van der Waals surface area contributed by atoms with Gasteiger partial charge in [0, 0.05) is 12.6 Å². The highest BCUT2D eigenvalue weighted by Crippen LogP contribution is 2.32. The maximum Gasteiger partial charge on any atom is 0.308 e. The molecule has 1 N–H and O–H groups in total. The van der Waals surface area contributed by atoms with E-state index in [4.69, 9.17) is 0 Å². The number of rotatable bonds is 3. The van der Waals surface area contributed by atoms with Gasteiger partial charge in [0.1, 0.15) is 0 Å². The Kier molecular flexibility index (Phi) is 4.66. The molecule has 1 heterocycles. The highest BCUT2D eigenvalue weighted by atomic mass is 16.4. The van der Waals surface area contributed by atoms with E-state index in [1.165, 1.54) is 25.7 Å². The van der Waals surface area contributed by atoms with Crippen LogP contribution in [0.4, 0.5) is 0 Å². The molecule has 3 heteroatoms. The number of hydrogen-bond acceptors (Lipinski definition) is 2. The summed E-state index contributed by atoms with van der Waals surface area (Å²) in [5.74, 6) is 0.839. The normalized spacial score (nSPS) is 38.6. The quantitative estimate of drug-likeness (QED) is 0.840. The molecule has 104 valence electrons. The zero-order valence-electron chi connectivity index (χ0n) is 11.8. The van der Waals surface area contributed by atoms with E-state index in [0.29, 0.717) is 0 Å². The van der Waals surface area contributed by atoms with Gasteiger partial charge in [0.05, 0.1) is 5.92 Å². The van der Waals surface area contributed by atoms with Gasteiger partial charge in [0.25, 0.3) is 0 Å². The second-order valence-electron chi connectivity index (χ2n) is 6.34. The number of hydrogen-bond donors (Lipinski definition) is 1. The molecular weight excluding hydrogens is 226 g/mol. The molecule has 0 spiro atoms. The van der Waals surface area contributed by atoms with Crippen LogP contribution in [0.2, 0.25) is 0 Å². The second kappa shape index (κ2) is 6.05. The van der Waals surface area contributed by atoms with Crippen molar-refractivity contribution >= 4 is 5.97 Å². The topological polar surface area (TPSA) is 40.5 Å². The van der Waals surface area contributed by atoms with E-state index in [0.717, 1.165) is 37.8 Å². The van der Waals surface area contributed by atoms with Gasteiger partial charge >= 0.3 is 5.97 Å². The van der Waals surface area contributed by atoms with Crippen LogP contribution in [0.3, 0.4) is 0 Å². The van der Waals surface area contributed by atoms with Gasteiger partial charge in [-0.25, -0.2) is 0 Å². The van der Waals surface area contributed by atoms with E-state index in [-0.39, 0.29) is 12.0 Å². The summed E-state index contributed by atoms with van der Waals surface area (Å²) < 4.78 is 0. The van der Waals surface area contributed by atoms with Crippen molar-refractivity contribution in [3.8, 4) is 0 Å². The van der Waals surface area contributed by atoms with Crippen LogP contribution >= 0.6 is 0 Å². The van der Waals surface area contributed by atoms with Crippen molar-refractivity contribution < 1.29 is 9.90 Å². The largest absolute Gasteiger partial charge is 0.481 e. The van der Waals surface area contributed by atoms with Crippen molar-refractivity contribution in [3.63, 3.8) is 0 Å². The van der Waals surface area contributed by atoms with Crippen LogP contribution in [0.5, 0.6) is 0 Å². The molecule has 4 atom stereocenters. The summed E-state index contributed by atoms with van der Waals surface area (Å²) in [5.41, 5.74) is 0. The van der Waals surface area contributed by atoms with Crippen molar-refractivity contribution in [2.45, 2.75) is 58.4 Å². The number of carboxylic acids is 1. The third kappa shape index (κ3) is 3.05. The smallest absolute Gasteiger partial charge is 0.308 e. The first-order chi connectivity index (χ1) is 8.59. The summed E-state index contributed by atoms with van der Waals surface area (Å²) in [7, 11) is 0. The Hall–Kier alpha value is -0.570. The zero-order chi connectivity index (χ0) is 13.1. The van der Waals surface area contributed by atoms with Crippen molar-refractivity contribution in [2.24, 2.45) is 17.8 Å². The van der Waals surface area contributed by atoms with Crippen LogP contribution in [-0.2, 0) is 4.79 Å². The van der Waals surface area contributed by atoms with Gasteiger partial charge in [-0.05, 0) is 44.6 Å². The van der Waals surface area contributed by atoms with Crippen LogP contribution in [0.15, 0.2) is 0 Å². The van der Waals surface area contributed by atoms with Crippen LogP contribution < -0.4 is 0 Å². The first-order valence-corrected chi connectivity index (χ1v) is 7.56. The van der Waals surface area contributed by atoms with E-state index in [9.17, 15) is 9.90 Å². The summed E-state index contributed by atoms with van der Waals surface area (Å²) in [4.78, 5) is 13.7.